The van der Waals surface area contributed by atoms with Gasteiger partial charge in [0.25, 0.3) is 11.8 Å². The van der Waals surface area contributed by atoms with Crippen LogP contribution in [0.5, 0.6) is 0 Å². The summed E-state index contributed by atoms with van der Waals surface area (Å²) in [5.74, 6) is -4.31. The number of rotatable bonds is 6. The molecule has 9 nitrogen and oxygen atoms in total. The van der Waals surface area contributed by atoms with Gasteiger partial charge in [0.15, 0.2) is 17.3 Å². The van der Waals surface area contributed by atoms with Gasteiger partial charge in [0.2, 0.25) is 0 Å². The van der Waals surface area contributed by atoms with Crippen LogP contribution in [0.3, 0.4) is 0 Å². The summed E-state index contributed by atoms with van der Waals surface area (Å²) in [5.41, 5.74) is 5.73. The Morgan fingerprint density at radius 3 is 2.84 bits per heavy atom. The fraction of sp³-hybridized carbons (Fsp3) is 0.300. The third-order valence-electron chi connectivity index (χ3n) is 4.67. The van der Waals surface area contributed by atoms with Crippen molar-refractivity contribution in [2.75, 3.05) is 42.1 Å². The highest BCUT2D eigenvalue weighted by Crippen LogP contribution is 2.29. The summed E-state index contributed by atoms with van der Waals surface area (Å²) < 4.78 is 43.4. The van der Waals surface area contributed by atoms with Gasteiger partial charge in [-0.15, -0.1) is 0 Å². The number of nitrogens with one attached hydrogen (secondary N) is 2. The van der Waals surface area contributed by atoms with E-state index < -0.39 is 30.7 Å². The van der Waals surface area contributed by atoms with Crippen molar-refractivity contribution in [3.63, 3.8) is 0 Å². The van der Waals surface area contributed by atoms with Crippen molar-refractivity contribution in [2.45, 2.75) is 5.92 Å². The van der Waals surface area contributed by atoms with Gasteiger partial charge < -0.3 is 21.3 Å². The zero-order chi connectivity index (χ0) is 23.5. The van der Waals surface area contributed by atoms with Crippen molar-refractivity contribution in [1.82, 2.24) is 25.1 Å². The second-order valence-electron chi connectivity index (χ2n) is 7.13. The molecule has 2 aromatic heterocycles. The van der Waals surface area contributed by atoms with E-state index in [4.69, 9.17) is 5.73 Å². The minimum absolute atomic E-state index is 0.0513. The lowest BCUT2D eigenvalue weighted by Gasteiger charge is -2.26. The molecule has 0 unspecified atom stereocenters. The molecule has 0 spiro atoms. The Kier molecular flexibility index (Phi) is 6.63. The number of nitrogens with zero attached hydrogens (tertiary/aromatic N) is 5. The van der Waals surface area contributed by atoms with Gasteiger partial charge in [-0.25, -0.2) is 23.1 Å². The predicted octanol–water partition coefficient (Wildman–Crippen LogP) is 2.14. The number of allylic oxidation sites excluding steroid dienone is 4. The van der Waals surface area contributed by atoms with Crippen LogP contribution < -0.4 is 21.3 Å². The molecule has 0 aromatic carbocycles. The van der Waals surface area contributed by atoms with E-state index in [9.17, 15) is 18.0 Å². The largest absolute Gasteiger partial charge is 0.396 e. The summed E-state index contributed by atoms with van der Waals surface area (Å²) in [6.45, 7) is 6.35. The number of hydrogen-bond donors (Lipinski definition) is 3. The smallest absolute Gasteiger partial charge is 0.277 e. The van der Waals surface area contributed by atoms with Crippen LogP contribution in [0, 0.1) is 0 Å². The van der Waals surface area contributed by atoms with E-state index in [1.165, 1.54) is 34.1 Å². The summed E-state index contributed by atoms with van der Waals surface area (Å²) in [7, 11) is 1.58. The van der Waals surface area contributed by atoms with Gasteiger partial charge in [-0.1, -0.05) is 19.2 Å². The summed E-state index contributed by atoms with van der Waals surface area (Å²) in [4.78, 5) is 22.4. The molecular weight excluding hydrogens is 425 g/mol. The first-order valence-electron chi connectivity index (χ1n) is 9.60. The lowest BCUT2D eigenvalue weighted by Crippen LogP contribution is -2.39. The summed E-state index contributed by atoms with van der Waals surface area (Å²) >= 11 is 0. The van der Waals surface area contributed by atoms with Crippen LogP contribution in [0.4, 0.5) is 30.4 Å². The molecule has 1 fully saturated rings. The van der Waals surface area contributed by atoms with Gasteiger partial charge in [0.1, 0.15) is 11.5 Å². The molecule has 0 saturated carbocycles. The molecule has 1 aliphatic rings. The lowest BCUT2D eigenvalue weighted by atomic mass is 10.2. The van der Waals surface area contributed by atoms with Crippen LogP contribution >= 0.6 is 0 Å². The molecule has 1 saturated heterocycles. The molecule has 2 aromatic rings. The van der Waals surface area contributed by atoms with Gasteiger partial charge in [-0.3, -0.25) is 9.48 Å². The average Bonchev–Trinajstić information content (AvgIpc) is 2.98. The Bertz CT molecular complexity index is 1080. The van der Waals surface area contributed by atoms with Crippen LogP contribution in [-0.2, 0) is 7.05 Å². The number of alkyl halides is 2. The highest BCUT2D eigenvalue weighted by Gasteiger charge is 2.35. The third kappa shape index (κ3) is 4.97. The number of carbonyl (C=O) groups excluding carboxylic acids is 1. The zero-order valence-electron chi connectivity index (χ0n) is 17.4. The quantitative estimate of drug-likeness (QED) is 0.580. The van der Waals surface area contributed by atoms with Crippen molar-refractivity contribution >= 4 is 28.7 Å². The van der Waals surface area contributed by atoms with Crippen molar-refractivity contribution in [2.24, 2.45) is 7.05 Å². The number of nitrogen functional groups attached to an aromatic ring is 1. The fourth-order valence-corrected chi connectivity index (χ4v) is 3.26. The normalized spacial score (nSPS) is 16.4. The lowest BCUT2D eigenvalue weighted by molar-refractivity contribution is 0.0155. The standard InChI is InChI=1S/C20H23F3N8O/c1-4-5-13(12(2)21)17-26-8-14(24)16(29-17)18(32)28-15-9-27-30(3)19(15)31-7-6-25-10-20(22,23)11-31/h4-5,8-9,25H,1-2,6-7,10-11,24H2,3H3,(H,28,32)/b13-5+. The van der Waals surface area contributed by atoms with Crippen molar-refractivity contribution < 1.29 is 18.0 Å². The van der Waals surface area contributed by atoms with Crippen LogP contribution in [0.15, 0.2) is 43.5 Å². The van der Waals surface area contributed by atoms with E-state index in [-0.39, 0.29) is 35.0 Å². The van der Waals surface area contributed by atoms with Crippen molar-refractivity contribution in [3.05, 3.63) is 55.0 Å². The molecule has 0 atom stereocenters. The Morgan fingerprint density at radius 1 is 1.41 bits per heavy atom. The highest BCUT2D eigenvalue weighted by molar-refractivity contribution is 6.07. The number of carbonyl (C=O) groups is 1. The van der Waals surface area contributed by atoms with Gasteiger partial charge in [0, 0.05) is 20.1 Å². The summed E-state index contributed by atoms with van der Waals surface area (Å²) in [5, 5.41) is 9.37. The first kappa shape index (κ1) is 23.0. The monoisotopic (exact) mass is 448 g/mol. The number of halogens is 3. The number of hydrogen-bond acceptors (Lipinski definition) is 7. The Balaban J connectivity index is 1.92. The van der Waals surface area contributed by atoms with E-state index in [0.29, 0.717) is 12.4 Å². The van der Waals surface area contributed by atoms with Crippen molar-refractivity contribution in [1.29, 1.82) is 0 Å². The van der Waals surface area contributed by atoms with Gasteiger partial charge >= 0.3 is 0 Å². The third-order valence-corrected chi connectivity index (χ3v) is 4.67. The molecule has 0 aliphatic carbocycles. The molecule has 4 N–H and O–H groups in total. The number of amides is 1. The molecule has 1 aliphatic heterocycles. The van der Waals surface area contributed by atoms with E-state index in [0.717, 1.165) is 0 Å². The summed E-state index contributed by atoms with van der Waals surface area (Å²) in [6, 6.07) is 0. The van der Waals surface area contributed by atoms with E-state index in [1.807, 2.05) is 0 Å². The van der Waals surface area contributed by atoms with Gasteiger partial charge in [-0.2, -0.15) is 5.10 Å². The Labute approximate surface area is 182 Å². The average molecular weight is 448 g/mol. The first-order chi connectivity index (χ1) is 15.1. The fourth-order valence-electron chi connectivity index (χ4n) is 3.26. The van der Waals surface area contributed by atoms with Crippen molar-refractivity contribution in [3.8, 4) is 0 Å². The molecule has 1 amide bonds. The summed E-state index contributed by atoms with van der Waals surface area (Å²) in [6.07, 6.45) is 5.15. The second-order valence-corrected chi connectivity index (χ2v) is 7.13. The van der Waals surface area contributed by atoms with E-state index in [1.54, 1.807) is 7.05 Å². The molecule has 0 radical (unpaired) electrons. The van der Waals surface area contributed by atoms with Gasteiger partial charge in [-0.05, 0) is 6.08 Å². The van der Waals surface area contributed by atoms with Gasteiger partial charge in [0.05, 0.1) is 36.7 Å². The van der Waals surface area contributed by atoms with E-state index >= 15 is 0 Å². The minimum atomic E-state index is -2.96. The maximum Gasteiger partial charge on any atom is 0.277 e. The molecule has 0 bridgehead atoms. The first-order valence-corrected chi connectivity index (χ1v) is 9.60. The maximum atomic E-state index is 14.1. The molecule has 3 rings (SSSR count). The molecule has 32 heavy (non-hydrogen) atoms. The molecule has 12 heteroatoms. The Morgan fingerprint density at radius 2 is 2.16 bits per heavy atom. The maximum absolute atomic E-state index is 14.1. The minimum Gasteiger partial charge on any atom is -0.396 e. The number of anilines is 3. The predicted molar refractivity (Wildman–Crippen MR) is 116 cm³/mol. The molecule has 3 heterocycles. The number of nitrogens with two attached hydrogens (primary N) is 1. The SMILES string of the molecule is C=C/C=C(\C(=C)F)c1ncc(N)c(C(=O)Nc2cnn(C)c2N2CCNCC(F)(F)C2)n1. The topological polar surface area (TPSA) is 114 Å². The molecule has 170 valence electrons. The van der Waals surface area contributed by atoms with Crippen LogP contribution in [0.1, 0.15) is 16.3 Å². The van der Waals surface area contributed by atoms with Crippen LogP contribution in [0.2, 0.25) is 0 Å². The Hall–Kier alpha value is -3.67. The van der Waals surface area contributed by atoms with Crippen LogP contribution in [-0.4, -0.2) is 57.8 Å². The van der Waals surface area contributed by atoms with Crippen LogP contribution in [0.25, 0.3) is 5.57 Å². The number of aromatic nitrogens is 4. The zero-order valence-corrected chi connectivity index (χ0v) is 17.4. The highest BCUT2D eigenvalue weighted by atomic mass is 19.3. The van der Waals surface area contributed by atoms with E-state index in [2.05, 4.69) is 38.9 Å². The second kappa shape index (κ2) is 9.22. The number of aryl methyl sites for hydroxylation is 1. The molecular formula is C20H23F3N8O.